The molecule has 0 aliphatic rings. The highest BCUT2D eigenvalue weighted by Gasteiger charge is 2.00. The minimum absolute atomic E-state index is 0.669. The zero-order chi connectivity index (χ0) is 13.3. The molecule has 0 unspecified atom stereocenters. The maximum atomic E-state index is 9.86. The van der Waals surface area contributed by atoms with Crippen LogP contribution in [0.1, 0.15) is 30.1 Å². The van der Waals surface area contributed by atoms with E-state index < -0.39 is 6.10 Å². The van der Waals surface area contributed by atoms with Gasteiger partial charge in [-0.3, -0.25) is 0 Å². The van der Waals surface area contributed by atoms with Gasteiger partial charge in [0.2, 0.25) is 0 Å². The molecule has 1 heteroatoms. The van der Waals surface area contributed by atoms with Crippen LogP contribution >= 0.6 is 0 Å². The lowest BCUT2D eigenvalue weighted by Gasteiger charge is -2.02. The number of aliphatic hydroxyl groups is 1. The van der Waals surface area contributed by atoms with Crippen LogP contribution in [-0.2, 0) is 6.42 Å². The number of rotatable bonds is 4. The topological polar surface area (TPSA) is 20.2 Å². The Morgan fingerprint density at radius 2 is 1.53 bits per heavy atom. The Morgan fingerprint density at radius 3 is 2.21 bits per heavy atom. The lowest BCUT2D eigenvalue weighted by Crippen LogP contribution is -1.92. The van der Waals surface area contributed by atoms with Crippen molar-refractivity contribution in [2.45, 2.75) is 25.4 Å². The summed E-state index contributed by atoms with van der Waals surface area (Å²) in [6, 6.07) is 19.9. The van der Waals surface area contributed by atoms with Crippen LogP contribution in [0.3, 0.4) is 0 Å². The molecule has 96 valence electrons. The van der Waals surface area contributed by atoms with Crippen molar-refractivity contribution in [3.63, 3.8) is 0 Å². The van der Waals surface area contributed by atoms with E-state index in [2.05, 4.69) is 36.1 Å². The van der Waals surface area contributed by atoms with Crippen molar-refractivity contribution in [3.8, 4) is 11.8 Å². The Kier molecular flexibility index (Phi) is 5.22. The molecular formula is C18H18O. The van der Waals surface area contributed by atoms with E-state index in [9.17, 15) is 5.11 Å². The van der Waals surface area contributed by atoms with Crippen LogP contribution in [0.5, 0.6) is 0 Å². The monoisotopic (exact) mass is 250 g/mol. The van der Waals surface area contributed by atoms with Crippen LogP contribution in [0.15, 0.2) is 60.7 Å². The molecule has 19 heavy (non-hydrogen) atoms. The summed E-state index contributed by atoms with van der Waals surface area (Å²) in [5.41, 5.74) is 2.20. The summed E-state index contributed by atoms with van der Waals surface area (Å²) in [6.45, 7) is 0. The Labute approximate surface area is 114 Å². The van der Waals surface area contributed by atoms with Gasteiger partial charge in [0, 0.05) is 6.42 Å². The number of aliphatic hydroxyl groups excluding tert-OH is 1. The molecule has 0 bridgehead atoms. The minimum atomic E-state index is -0.669. The molecule has 0 aliphatic carbocycles. The molecule has 0 aromatic heterocycles. The third kappa shape index (κ3) is 4.62. The van der Waals surface area contributed by atoms with Crippen LogP contribution in [0.2, 0.25) is 0 Å². The minimum Gasteiger partial charge on any atom is -0.376 e. The lowest BCUT2D eigenvalue weighted by atomic mass is 10.1. The molecule has 2 aromatic carbocycles. The fourth-order valence-corrected chi connectivity index (χ4v) is 1.91. The molecule has 0 aliphatic heterocycles. The first kappa shape index (κ1) is 13.4. The van der Waals surface area contributed by atoms with Crippen molar-refractivity contribution in [1.82, 2.24) is 0 Å². The van der Waals surface area contributed by atoms with Gasteiger partial charge in [-0.1, -0.05) is 66.6 Å². The van der Waals surface area contributed by atoms with Gasteiger partial charge in [0.15, 0.2) is 0 Å². The summed E-state index contributed by atoms with van der Waals surface area (Å²) in [5, 5.41) is 9.86. The Hall–Kier alpha value is -2.04. The average molecular weight is 250 g/mol. The van der Waals surface area contributed by atoms with Crippen molar-refractivity contribution in [1.29, 1.82) is 0 Å². The molecule has 0 spiro atoms. The zero-order valence-corrected chi connectivity index (χ0v) is 10.9. The fourth-order valence-electron chi connectivity index (χ4n) is 1.91. The Balaban J connectivity index is 1.76. The third-order valence-electron chi connectivity index (χ3n) is 2.96. The number of unbranched alkanes of at least 4 members (excludes halogenated alkanes) is 1. The van der Waals surface area contributed by atoms with E-state index in [0.29, 0.717) is 0 Å². The van der Waals surface area contributed by atoms with E-state index >= 15 is 0 Å². The molecule has 0 heterocycles. The maximum Gasteiger partial charge on any atom is 0.140 e. The highest BCUT2D eigenvalue weighted by molar-refractivity contribution is 5.24. The smallest absolute Gasteiger partial charge is 0.140 e. The molecule has 1 N–H and O–H groups in total. The molecular weight excluding hydrogens is 232 g/mol. The van der Waals surface area contributed by atoms with E-state index in [0.717, 1.165) is 24.8 Å². The number of aryl methyl sites for hydroxylation is 1. The van der Waals surface area contributed by atoms with Gasteiger partial charge in [-0.25, -0.2) is 0 Å². The first-order valence-corrected chi connectivity index (χ1v) is 6.61. The highest BCUT2D eigenvalue weighted by Crippen LogP contribution is 2.10. The van der Waals surface area contributed by atoms with Crippen molar-refractivity contribution >= 4 is 0 Å². The van der Waals surface area contributed by atoms with E-state index in [-0.39, 0.29) is 0 Å². The van der Waals surface area contributed by atoms with Gasteiger partial charge < -0.3 is 5.11 Å². The van der Waals surface area contributed by atoms with E-state index in [1.807, 2.05) is 36.4 Å². The molecule has 1 atom stereocenters. The summed E-state index contributed by atoms with van der Waals surface area (Å²) in [4.78, 5) is 0. The summed E-state index contributed by atoms with van der Waals surface area (Å²) in [7, 11) is 0. The van der Waals surface area contributed by atoms with E-state index in [1.54, 1.807) is 0 Å². The van der Waals surface area contributed by atoms with Gasteiger partial charge in [-0.2, -0.15) is 0 Å². The average Bonchev–Trinajstić information content (AvgIpc) is 2.49. The summed E-state index contributed by atoms with van der Waals surface area (Å²) in [6.07, 6.45) is 2.21. The number of benzene rings is 2. The summed E-state index contributed by atoms with van der Waals surface area (Å²) >= 11 is 0. The fraction of sp³-hybridized carbons (Fsp3) is 0.222. The molecule has 0 saturated carbocycles. The SMILES string of the molecule is O[C@H](C#CCCCc1ccccc1)c1ccccc1. The molecule has 0 amide bonds. The molecule has 0 radical (unpaired) electrons. The molecule has 1 nitrogen and oxygen atoms in total. The first-order valence-electron chi connectivity index (χ1n) is 6.61. The Bertz CT molecular complexity index is 534. The normalized spacial score (nSPS) is 11.4. The van der Waals surface area contributed by atoms with Crippen LogP contribution in [0, 0.1) is 11.8 Å². The lowest BCUT2D eigenvalue weighted by molar-refractivity contribution is 0.238. The Morgan fingerprint density at radius 1 is 0.895 bits per heavy atom. The van der Waals surface area contributed by atoms with Crippen LogP contribution in [-0.4, -0.2) is 5.11 Å². The number of hydrogen-bond donors (Lipinski definition) is 1. The standard InChI is InChI=1S/C18H18O/c19-18(17-13-7-3-8-14-17)15-9-2-6-12-16-10-4-1-5-11-16/h1,3-5,7-8,10-11,13-14,18-19H,2,6,12H2/t18-/m1/s1. The van der Waals surface area contributed by atoms with Crippen molar-refractivity contribution in [3.05, 3.63) is 71.8 Å². The quantitative estimate of drug-likeness (QED) is 0.647. The third-order valence-corrected chi connectivity index (χ3v) is 2.96. The molecule has 2 rings (SSSR count). The largest absolute Gasteiger partial charge is 0.376 e. The van der Waals surface area contributed by atoms with E-state index in [1.165, 1.54) is 5.56 Å². The van der Waals surface area contributed by atoms with Crippen molar-refractivity contribution in [2.24, 2.45) is 0 Å². The van der Waals surface area contributed by atoms with Crippen LogP contribution in [0.25, 0.3) is 0 Å². The second kappa shape index (κ2) is 7.41. The second-order valence-corrected chi connectivity index (χ2v) is 4.47. The van der Waals surface area contributed by atoms with Crippen LogP contribution < -0.4 is 0 Å². The maximum absolute atomic E-state index is 9.86. The molecule has 2 aromatic rings. The zero-order valence-electron chi connectivity index (χ0n) is 10.9. The summed E-state index contributed by atoms with van der Waals surface area (Å²) in [5.74, 6) is 5.94. The van der Waals surface area contributed by atoms with Gasteiger partial charge in [-0.15, -0.1) is 5.92 Å². The van der Waals surface area contributed by atoms with E-state index in [4.69, 9.17) is 0 Å². The predicted octanol–water partition coefficient (Wildman–Crippen LogP) is 3.75. The molecule has 0 saturated heterocycles. The summed E-state index contributed by atoms with van der Waals surface area (Å²) < 4.78 is 0. The second-order valence-electron chi connectivity index (χ2n) is 4.47. The van der Waals surface area contributed by atoms with Gasteiger partial charge in [0.25, 0.3) is 0 Å². The van der Waals surface area contributed by atoms with Gasteiger partial charge in [0.05, 0.1) is 0 Å². The van der Waals surface area contributed by atoms with Gasteiger partial charge in [-0.05, 0) is 24.0 Å². The van der Waals surface area contributed by atoms with Crippen LogP contribution in [0.4, 0.5) is 0 Å². The highest BCUT2D eigenvalue weighted by atomic mass is 16.3. The molecule has 0 fully saturated rings. The van der Waals surface area contributed by atoms with Crippen molar-refractivity contribution < 1.29 is 5.11 Å². The predicted molar refractivity (Wildman–Crippen MR) is 78.6 cm³/mol. The number of hydrogen-bond acceptors (Lipinski definition) is 1. The first-order chi connectivity index (χ1) is 9.36. The van der Waals surface area contributed by atoms with Gasteiger partial charge in [0.1, 0.15) is 6.10 Å². The van der Waals surface area contributed by atoms with Gasteiger partial charge >= 0.3 is 0 Å². The van der Waals surface area contributed by atoms with Crippen molar-refractivity contribution in [2.75, 3.05) is 0 Å².